The van der Waals surface area contributed by atoms with Gasteiger partial charge in [-0.15, -0.1) is 11.8 Å². The Morgan fingerprint density at radius 1 is 1.24 bits per heavy atom. The smallest absolute Gasteiger partial charge is 0.237 e. The number of rotatable bonds is 6. The molecular formula is C20H21BrN2O4S2. The zero-order valence-corrected chi connectivity index (χ0v) is 19.2. The van der Waals surface area contributed by atoms with Gasteiger partial charge >= 0.3 is 0 Å². The maximum atomic E-state index is 12.7. The average molecular weight is 497 g/mol. The Morgan fingerprint density at radius 3 is 2.69 bits per heavy atom. The SMILES string of the molecule is CC[C@H]1Sc2ccc(S(=O)(=O)CCC(=O)Nc3ccc(Br)c(C)c3)cc2NC1=O. The number of carbonyl (C=O) groups excluding carboxylic acids is 2. The van der Waals surface area contributed by atoms with Crippen LogP contribution in [0.4, 0.5) is 11.4 Å². The number of thioether (sulfide) groups is 1. The van der Waals surface area contributed by atoms with Gasteiger partial charge < -0.3 is 10.6 Å². The molecule has 3 rings (SSSR count). The van der Waals surface area contributed by atoms with E-state index in [1.54, 1.807) is 12.1 Å². The minimum Gasteiger partial charge on any atom is -0.326 e. The van der Waals surface area contributed by atoms with Crippen LogP contribution in [0.2, 0.25) is 0 Å². The molecule has 6 nitrogen and oxygen atoms in total. The molecule has 2 aromatic rings. The van der Waals surface area contributed by atoms with Crippen LogP contribution < -0.4 is 10.6 Å². The molecule has 2 N–H and O–H groups in total. The van der Waals surface area contributed by atoms with Gasteiger partial charge in [-0.3, -0.25) is 9.59 Å². The second-order valence-corrected chi connectivity index (χ2v) is 11.0. The molecule has 0 saturated carbocycles. The van der Waals surface area contributed by atoms with E-state index in [1.165, 1.54) is 23.9 Å². The minimum absolute atomic E-state index is 0.0967. The number of amides is 2. The third kappa shape index (κ3) is 5.21. The first-order valence-corrected chi connectivity index (χ1v) is 12.4. The van der Waals surface area contributed by atoms with E-state index in [4.69, 9.17) is 0 Å². The molecule has 0 bridgehead atoms. The maximum Gasteiger partial charge on any atom is 0.237 e. The van der Waals surface area contributed by atoms with Gasteiger partial charge in [0.2, 0.25) is 11.8 Å². The van der Waals surface area contributed by atoms with Gasteiger partial charge in [0.05, 0.1) is 21.6 Å². The topological polar surface area (TPSA) is 92.3 Å². The van der Waals surface area contributed by atoms with E-state index in [-0.39, 0.29) is 34.1 Å². The fourth-order valence-electron chi connectivity index (χ4n) is 2.88. The van der Waals surface area contributed by atoms with Gasteiger partial charge in [-0.25, -0.2) is 8.42 Å². The Balaban J connectivity index is 1.66. The Bertz CT molecular complexity index is 1070. The minimum atomic E-state index is -3.66. The highest BCUT2D eigenvalue weighted by atomic mass is 79.9. The van der Waals surface area contributed by atoms with Gasteiger partial charge in [0.1, 0.15) is 0 Å². The number of anilines is 2. The molecule has 0 saturated heterocycles. The van der Waals surface area contributed by atoms with E-state index in [0.717, 1.165) is 14.9 Å². The number of carbonyl (C=O) groups is 2. The van der Waals surface area contributed by atoms with Crippen molar-refractivity contribution in [1.29, 1.82) is 0 Å². The van der Waals surface area contributed by atoms with Crippen molar-refractivity contribution in [3.05, 3.63) is 46.4 Å². The highest BCUT2D eigenvalue weighted by Crippen LogP contribution is 2.38. The number of hydrogen-bond acceptors (Lipinski definition) is 5. The van der Waals surface area contributed by atoms with Gasteiger partial charge in [-0.2, -0.15) is 0 Å². The van der Waals surface area contributed by atoms with Crippen molar-refractivity contribution in [2.45, 2.75) is 41.7 Å². The van der Waals surface area contributed by atoms with Crippen molar-refractivity contribution in [2.24, 2.45) is 0 Å². The molecule has 2 aromatic carbocycles. The van der Waals surface area contributed by atoms with Gasteiger partial charge in [0, 0.05) is 21.5 Å². The zero-order valence-electron chi connectivity index (χ0n) is 16.0. The lowest BCUT2D eigenvalue weighted by atomic mass is 10.2. The summed E-state index contributed by atoms with van der Waals surface area (Å²) in [4.78, 5) is 25.2. The normalized spacial score (nSPS) is 16.1. The summed E-state index contributed by atoms with van der Waals surface area (Å²) in [5, 5.41) is 5.32. The first kappa shape index (κ1) is 21.9. The molecule has 1 aliphatic heterocycles. The molecule has 154 valence electrons. The highest BCUT2D eigenvalue weighted by Gasteiger charge is 2.27. The third-order valence-corrected chi connectivity index (χ3v) is 8.59. The van der Waals surface area contributed by atoms with E-state index in [1.807, 2.05) is 26.0 Å². The lowest BCUT2D eigenvalue weighted by molar-refractivity contribution is -0.116. The molecule has 1 heterocycles. The van der Waals surface area contributed by atoms with Crippen molar-refractivity contribution in [2.75, 3.05) is 16.4 Å². The van der Waals surface area contributed by atoms with Crippen molar-refractivity contribution < 1.29 is 18.0 Å². The fourth-order valence-corrected chi connectivity index (χ4v) is 5.41. The zero-order chi connectivity index (χ0) is 21.2. The second kappa shape index (κ2) is 8.89. The van der Waals surface area contributed by atoms with Gasteiger partial charge in [0.15, 0.2) is 9.84 Å². The van der Waals surface area contributed by atoms with Crippen LogP contribution in [-0.2, 0) is 19.4 Å². The van der Waals surface area contributed by atoms with E-state index >= 15 is 0 Å². The molecule has 0 fully saturated rings. The highest BCUT2D eigenvalue weighted by molar-refractivity contribution is 9.10. The number of benzene rings is 2. The molecule has 0 unspecified atom stereocenters. The molecule has 2 amide bonds. The molecule has 0 aliphatic carbocycles. The van der Waals surface area contributed by atoms with E-state index in [0.29, 0.717) is 17.8 Å². The summed E-state index contributed by atoms with van der Waals surface area (Å²) in [6.45, 7) is 3.84. The summed E-state index contributed by atoms with van der Waals surface area (Å²) in [5.74, 6) is -0.808. The molecular weight excluding hydrogens is 476 g/mol. The van der Waals surface area contributed by atoms with Crippen molar-refractivity contribution >= 4 is 60.7 Å². The summed E-state index contributed by atoms with van der Waals surface area (Å²) < 4.78 is 26.3. The van der Waals surface area contributed by atoms with Gasteiger partial charge in [-0.1, -0.05) is 22.9 Å². The number of aryl methyl sites for hydroxylation is 1. The van der Waals surface area contributed by atoms with Crippen molar-refractivity contribution in [3.63, 3.8) is 0 Å². The van der Waals surface area contributed by atoms with Crippen LogP contribution in [0.5, 0.6) is 0 Å². The Kier molecular flexibility index (Phi) is 6.70. The van der Waals surface area contributed by atoms with Crippen LogP contribution in [0.1, 0.15) is 25.3 Å². The van der Waals surface area contributed by atoms with Gasteiger partial charge in [-0.05, 0) is 55.3 Å². The monoisotopic (exact) mass is 496 g/mol. The summed E-state index contributed by atoms with van der Waals surface area (Å²) in [7, 11) is -3.66. The molecule has 0 spiro atoms. The lowest BCUT2D eigenvalue weighted by Crippen LogP contribution is -2.28. The van der Waals surface area contributed by atoms with Gasteiger partial charge in [0.25, 0.3) is 0 Å². The molecule has 29 heavy (non-hydrogen) atoms. The van der Waals surface area contributed by atoms with E-state index < -0.39 is 9.84 Å². The molecule has 9 heteroatoms. The molecule has 0 aromatic heterocycles. The largest absolute Gasteiger partial charge is 0.326 e. The number of halogens is 1. The van der Waals surface area contributed by atoms with Crippen LogP contribution in [0, 0.1) is 6.92 Å². The van der Waals surface area contributed by atoms with Crippen LogP contribution in [0.15, 0.2) is 50.7 Å². The predicted octanol–water partition coefficient (Wildman–Crippen LogP) is 4.38. The average Bonchev–Trinajstić information content (AvgIpc) is 2.68. The summed E-state index contributed by atoms with van der Waals surface area (Å²) >= 11 is 4.83. The molecule has 0 radical (unpaired) electrons. The summed E-state index contributed by atoms with van der Waals surface area (Å²) in [6.07, 6.45) is 0.538. The Labute approximate surface area is 182 Å². The standard InChI is InChI=1S/C20H21BrN2O4S2/c1-3-17-20(25)23-16-11-14(5-7-18(16)28-17)29(26,27)9-8-19(24)22-13-4-6-15(21)12(2)10-13/h4-7,10-11,17H,3,8-9H2,1-2H3,(H,22,24)(H,23,25)/t17-/m1/s1. The third-order valence-electron chi connectivity index (χ3n) is 4.54. The quantitative estimate of drug-likeness (QED) is 0.618. The fraction of sp³-hybridized carbons (Fsp3) is 0.300. The van der Waals surface area contributed by atoms with Crippen LogP contribution in [-0.4, -0.2) is 31.2 Å². The van der Waals surface area contributed by atoms with Crippen LogP contribution in [0.25, 0.3) is 0 Å². The lowest BCUT2D eigenvalue weighted by Gasteiger charge is -2.23. The number of hydrogen-bond donors (Lipinski definition) is 2. The Morgan fingerprint density at radius 2 is 2.00 bits per heavy atom. The van der Waals surface area contributed by atoms with E-state index in [9.17, 15) is 18.0 Å². The number of sulfone groups is 1. The summed E-state index contributed by atoms with van der Waals surface area (Å²) in [6, 6.07) is 10.1. The maximum absolute atomic E-state index is 12.7. The molecule has 1 atom stereocenters. The second-order valence-electron chi connectivity index (χ2n) is 6.74. The van der Waals surface area contributed by atoms with Crippen LogP contribution in [0.3, 0.4) is 0 Å². The molecule has 1 aliphatic rings. The van der Waals surface area contributed by atoms with Crippen LogP contribution >= 0.6 is 27.7 Å². The number of fused-ring (bicyclic) bond motifs is 1. The number of nitrogens with one attached hydrogen (secondary N) is 2. The Hall–Kier alpha value is -1.84. The van der Waals surface area contributed by atoms with Crippen molar-refractivity contribution in [1.82, 2.24) is 0 Å². The predicted molar refractivity (Wildman–Crippen MR) is 119 cm³/mol. The summed E-state index contributed by atoms with van der Waals surface area (Å²) in [5.41, 5.74) is 2.09. The van der Waals surface area contributed by atoms with Crippen molar-refractivity contribution in [3.8, 4) is 0 Å². The first-order valence-electron chi connectivity index (χ1n) is 9.10. The first-order chi connectivity index (χ1) is 13.7. The van der Waals surface area contributed by atoms with E-state index in [2.05, 4.69) is 26.6 Å².